The summed E-state index contributed by atoms with van der Waals surface area (Å²) in [6.07, 6.45) is 5.22. The van der Waals surface area contributed by atoms with Crippen molar-refractivity contribution < 1.29 is 4.84 Å². The van der Waals surface area contributed by atoms with Crippen molar-refractivity contribution in [2.75, 3.05) is 0 Å². The van der Waals surface area contributed by atoms with Crippen LogP contribution in [0.4, 0.5) is 0 Å². The van der Waals surface area contributed by atoms with E-state index in [0.29, 0.717) is 5.76 Å². The molecule has 1 aromatic rings. The van der Waals surface area contributed by atoms with Crippen molar-refractivity contribution in [3.05, 3.63) is 36.2 Å². The van der Waals surface area contributed by atoms with E-state index in [1.54, 1.807) is 12.4 Å². The zero-order valence-corrected chi connectivity index (χ0v) is 6.90. The number of aromatic nitrogens is 1. The molecule has 0 saturated heterocycles. The van der Waals surface area contributed by atoms with Crippen LogP contribution < -0.4 is 0 Å². The molecule has 0 aliphatic carbocycles. The third kappa shape index (κ3) is 1.92. The first-order chi connectivity index (χ1) is 5.88. The zero-order chi connectivity index (χ0) is 8.81. The summed E-state index contributed by atoms with van der Waals surface area (Å²) in [4.78, 5) is 8.82. The predicted octanol–water partition coefficient (Wildman–Crippen LogP) is 2.07. The number of rotatable bonds is 3. The maximum absolute atomic E-state index is 4.92. The average Bonchev–Trinajstić information content (AvgIpc) is 2.15. The summed E-state index contributed by atoms with van der Waals surface area (Å²) in [6, 6.07) is 3.70. The molecule has 1 rings (SSSR count). The van der Waals surface area contributed by atoms with Gasteiger partial charge in [0.15, 0.2) is 5.76 Å². The minimum atomic E-state index is 0.687. The van der Waals surface area contributed by atoms with Gasteiger partial charge in [0.2, 0.25) is 0 Å². The highest BCUT2D eigenvalue weighted by molar-refractivity contribution is 5.58. The number of hydrogen-bond donors (Lipinski definition) is 0. The number of pyridine rings is 1. The van der Waals surface area contributed by atoms with Gasteiger partial charge in [-0.05, 0) is 25.1 Å². The van der Waals surface area contributed by atoms with Gasteiger partial charge in [0.05, 0.1) is 0 Å². The molecule has 12 heavy (non-hydrogen) atoms. The number of nitrogens with zero attached hydrogens (tertiary/aromatic N) is 2. The Morgan fingerprint density at radius 2 is 2.25 bits per heavy atom. The van der Waals surface area contributed by atoms with Gasteiger partial charge >= 0.3 is 0 Å². The lowest BCUT2D eigenvalue weighted by Crippen LogP contribution is -1.85. The first-order valence-electron chi connectivity index (χ1n) is 3.58. The molecule has 1 aromatic heterocycles. The van der Waals surface area contributed by atoms with Gasteiger partial charge in [0.25, 0.3) is 0 Å². The SMILES string of the molecule is C=NO/C(=C\C)c1ccncc1. The molecular weight excluding hydrogens is 152 g/mol. The van der Waals surface area contributed by atoms with Crippen LogP contribution in [0.3, 0.4) is 0 Å². The second kappa shape index (κ2) is 4.28. The summed E-state index contributed by atoms with van der Waals surface area (Å²) in [6.45, 7) is 5.12. The molecule has 1 heterocycles. The molecule has 0 spiro atoms. The third-order valence-electron chi connectivity index (χ3n) is 1.39. The number of allylic oxidation sites excluding steroid dienone is 1. The fourth-order valence-electron chi connectivity index (χ4n) is 0.858. The molecule has 0 amide bonds. The molecule has 0 unspecified atom stereocenters. The fourth-order valence-corrected chi connectivity index (χ4v) is 0.858. The van der Waals surface area contributed by atoms with E-state index < -0.39 is 0 Å². The smallest absolute Gasteiger partial charge is 0.160 e. The lowest BCUT2D eigenvalue weighted by molar-refractivity contribution is 0.301. The Morgan fingerprint density at radius 1 is 1.58 bits per heavy atom. The fraction of sp³-hybridized carbons (Fsp3) is 0.111. The van der Waals surface area contributed by atoms with Gasteiger partial charge in [-0.2, -0.15) is 0 Å². The zero-order valence-electron chi connectivity index (χ0n) is 6.90. The van der Waals surface area contributed by atoms with Crippen LogP contribution in [0, 0.1) is 0 Å². The van der Waals surface area contributed by atoms with Crippen molar-refractivity contribution in [2.24, 2.45) is 5.16 Å². The van der Waals surface area contributed by atoms with Crippen LogP contribution in [0.1, 0.15) is 12.5 Å². The summed E-state index contributed by atoms with van der Waals surface area (Å²) < 4.78 is 0. The van der Waals surface area contributed by atoms with Crippen LogP contribution in [-0.2, 0) is 4.84 Å². The molecule has 0 radical (unpaired) electrons. The molecule has 3 heteroatoms. The molecule has 0 aliphatic heterocycles. The Labute approximate surface area is 71.4 Å². The molecule has 3 nitrogen and oxygen atoms in total. The van der Waals surface area contributed by atoms with E-state index >= 15 is 0 Å². The Balaban J connectivity index is 2.88. The van der Waals surface area contributed by atoms with E-state index in [1.807, 2.05) is 25.1 Å². The van der Waals surface area contributed by atoms with Crippen LogP contribution in [-0.4, -0.2) is 11.7 Å². The molecule has 0 fully saturated rings. The van der Waals surface area contributed by atoms with Crippen molar-refractivity contribution in [1.82, 2.24) is 4.98 Å². The molecule has 0 aromatic carbocycles. The molecule has 0 atom stereocenters. The van der Waals surface area contributed by atoms with Gasteiger partial charge in [-0.3, -0.25) is 4.98 Å². The summed E-state index contributed by atoms with van der Waals surface area (Å²) >= 11 is 0. The normalized spacial score (nSPS) is 10.9. The molecule has 0 aliphatic rings. The van der Waals surface area contributed by atoms with Gasteiger partial charge in [0, 0.05) is 24.7 Å². The standard InChI is InChI=1S/C9H10N2O/c1-3-9(12-10-2)8-4-6-11-7-5-8/h3-7H,2H2,1H3/b9-3-. The molecule has 0 bridgehead atoms. The third-order valence-corrected chi connectivity index (χ3v) is 1.39. The number of oxime groups is 1. The maximum Gasteiger partial charge on any atom is 0.160 e. The largest absolute Gasteiger partial charge is 0.357 e. The van der Waals surface area contributed by atoms with Crippen LogP contribution in [0.5, 0.6) is 0 Å². The Kier molecular flexibility index (Phi) is 3.02. The van der Waals surface area contributed by atoms with Crippen LogP contribution in [0.25, 0.3) is 5.76 Å². The van der Waals surface area contributed by atoms with E-state index in [-0.39, 0.29) is 0 Å². The van der Waals surface area contributed by atoms with E-state index in [2.05, 4.69) is 16.9 Å². The van der Waals surface area contributed by atoms with Crippen molar-refractivity contribution in [1.29, 1.82) is 0 Å². The molecule has 62 valence electrons. The second-order valence-corrected chi connectivity index (χ2v) is 2.11. The highest BCUT2D eigenvalue weighted by atomic mass is 16.6. The summed E-state index contributed by atoms with van der Waals surface area (Å²) in [7, 11) is 0. The molecular formula is C9H10N2O. The Morgan fingerprint density at radius 3 is 2.75 bits per heavy atom. The van der Waals surface area contributed by atoms with Gasteiger partial charge in [-0.15, -0.1) is 0 Å². The predicted molar refractivity (Wildman–Crippen MR) is 48.5 cm³/mol. The minimum absolute atomic E-state index is 0.687. The Hall–Kier alpha value is -1.64. The topological polar surface area (TPSA) is 34.5 Å². The van der Waals surface area contributed by atoms with Gasteiger partial charge < -0.3 is 4.84 Å². The van der Waals surface area contributed by atoms with Crippen LogP contribution in [0.15, 0.2) is 35.8 Å². The summed E-state index contributed by atoms with van der Waals surface area (Å²) in [5, 5.41) is 3.34. The lowest BCUT2D eigenvalue weighted by Gasteiger charge is -2.01. The van der Waals surface area contributed by atoms with Gasteiger partial charge in [0.1, 0.15) is 0 Å². The highest BCUT2D eigenvalue weighted by Gasteiger charge is 1.98. The summed E-state index contributed by atoms with van der Waals surface area (Å²) in [5.74, 6) is 0.687. The maximum atomic E-state index is 4.92. The van der Waals surface area contributed by atoms with Crippen molar-refractivity contribution in [2.45, 2.75) is 6.92 Å². The average molecular weight is 162 g/mol. The van der Waals surface area contributed by atoms with E-state index in [1.165, 1.54) is 0 Å². The van der Waals surface area contributed by atoms with Crippen LogP contribution in [0.2, 0.25) is 0 Å². The van der Waals surface area contributed by atoms with E-state index in [9.17, 15) is 0 Å². The van der Waals surface area contributed by atoms with Gasteiger partial charge in [-0.25, -0.2) is 0 Å². The molecule has 0 N–H and O–H groups in total. The second-order valence-electron chi connectivity index (χ2n) is 2.11. The number of hydrogen-bond acceptors (Lipinski definition) is 3. The Bertz CT molecular complexity index is 280. The quantitative estimate of drug-likeness (QED) is 0.387. The van der Waals surface area contributed by atoms with E-state index in [0.717, 1.165) is 5.56 Å². The lowest BCUT2D eigenvalue weighted by atomic mass is 10.2. The summed E-state index contributed by atoms with van der Waals surface area (Å²) in [5.41, 5.74) is 0.944. The first kappa shape index (κ1) is 8.46. The highest BCUT2D eigenvalue weighted by Crippen LogP contribution is 2.13. The van der Waals surface area contributed by atoms with Crippen molar-refractivity contribution in [3.8, 4) is 0 Å². The minimum Gasteiger partial charge on any atom is -0.357 e. The van der Waals surface area contributed by atoms with Crippen molar-refractivity contribution >= 4 is 12.5 Å². The van der Waals surface area contributed by atoms with Gasteiger partial charge in [-0.1, -0.05) is 5.16 Å². The van der Waals surface area contributed by atoms with Crippen LogP contribution >= 0.6 is 0 Å². The monoisotopic (exact) mass is 162 g/mol. The van der Waals surface area contributed by atoms with E-state index in [4.69, 9.17) is 4.84 Å². The van der Waals surface area contributed by atoms with Crippen molar-refractivity contribution in [3.63, 3.8) is 0 Å². The molecule has 0 saturated carbocycles. The first-order valence-corrected chi connectivity index (χ1v) is 3.58.